The molecular formula is C13H10F2N2O2. The Morgan fingerprint density at radius 2 is 2.05 bits per heavy atom. The number of nitrogens with one attached hydrogen (secondary N) is 1. The summed E-state index contributed by atoms with van der Waals surface area (Å²) >= 11 is 0. The smallest absolute Gasteiger partial charge is 0.335 e. The number of carboxylic acid groups (broad SMARTS) is 1. The molecule has 0 aliphatic carbocycles. The maximum absolute atomic E-state index is 13.4. The quantitative estimate of drug-likeness (QED) is 0.891. The van der Waals surface area contributed by atoms with Gasteiger partial charge in [-0.2, -0.15) is 0 Å². The summed E-state index contributed by atoms with van der Waals surface area (Å²) in [4.78, 5) is 14.7. The van der Waals surface area contributed by atoms with Gasteiger partial charge in [-0.25, -0.2) is 18.6 Å². The van der Waals surface area contributed by atoms with Gasteiger partial charge in [0.15, 0.2) is 0 Å². The van der Waals surface area contributed by atoms with Gasteiger partial charge in [-0.05, 0) is 18.2 Å². The SMILES string of the molecule is O=C(O)c1ccnc(NCc2ccc(F)cc2F)c1. The molecule has 2 aromatic rings. The van der Waals surface area contributed by atoms with Crippen molar-refractivity contribution in [1.29, 1.82) is 0 Å². The second-order valence-electron chi connectivity index (χ2n) is 3.82. The Labute approximate surface area is 107 Å². The van der Waals surface area contributed by atoms with Crippen LogP contribution >= 0.6 is 0 Å². The van der Waals surface area contributed by atoms with Gasteiger partial charge in [-0.15, -0.1) is 0 Å². The number of hydrogen-bond donors (Lipinski definition) is 2. The van der Waals surface area contributed by atoms with E-state index < -0.39 is 17.6 Å². The summed E-state index contributed by atoms with van der Waals surface area (Å²) in [6.45, 7) is 0.0855. The topological polar surface area (TPSA) is 62.2 Å². The Balaban J connectivity index is 2.10. The average molecular weight is 264 g/mol. The lowest BCUT2D eigenvalue weighted by molar-refractivity contribution is 0.0697. The number of carboxylic acids is 1. The highest BCUT2D eigenvalue weighted by molar-refractivity contribution is 5.88. The number of hydrogen-bond acceptors (Lipinski definition) is 3. The van der Waals surface area contributed by atoms with Gasteiger partial charge in [0, 0.05) is 24.4 Å². The van der Waals surface area contributed by atoms with Gasteiger partial charge in [0.05, 0.1) is 5.56 Å². The van der Waals surface area contributed by atoms with Crippen molar-refractivity contribution in [2.75, 3.05) is 5.32 Å². The van der Waals surface area contributed by atoms with Gasteiger partial charge < -0.3 is 10.4 Å². The molecule has 0 radical (unpaired) electrons. The molecular weight excluding hydrogens is 254 g/mol. The molecule has 4 nitrogen and oxygen atoms in total. The molecule has 0 fully saturated rings. The number of anilines is 1. The van der Waals surface area contributed by atoms with Crippen LogP contribution < -0.4 is 5.32 Å². The number of carbonyl (C=O) groups is 1. The Kier molecular flexibility index (Phi) is 3.70. The van der Waals surface area contributed by atoms with Gasteiger partial charge in [-0.3, -0.25) is 0 Å². The fraction of sp³-hybridized carbons (Fsp3) is 0.0769. The minimum Gasteiger partial charge on any atom is -0.478 e. The van der Waals surface area contributed by atoms with Crippen molar-refractivity contribution in [3.63, 3.8) is 0 Å². The van der Waals surface area contributed by atoms with E-state index in [2.05, 4.69) is 10.3 Å². The zero-order valence-corrected chi connectivity index (χ0v) is 9.73. The Hall–Kier alpha value is -2.50. The number of aromatic carboxylic acids is 1. The first-order chi connectivity index (χ1) is 9.06. The van der Waals surface area contributed by atoms with E-state index in [0.717, 1.165) is 12.1 Å². The third-order valence-electron chi connectivity index (χ3n) is 2.48. The third-order valence-corrected chi connectivity index (χ3v) is 2.48. The molecule has 1 heterocycles. The minimum atomic E-state index is -1.07. The summed E-state index contributed by atoms with van der Waals surface area (Å²) in [5.74, 6) is -2.07. The van der Waals surface area contributed by atoms with E-state index in [-0.39, 0.29) is 17.7 Å². The van der Waals surface area contributed by atoms with E-state index in [9.17, 15) is 13.6 Å². The summed E-state index contributed by atoms with van der Waals surface area (Å²) in [7, 11) is 0. The van der Waals surface area contributed by atoms with E-state index >= 15 is 0 Å². The molecule has 19 heavy (non-hydrogen) atoms. The number of nitrogens with zero attached hydrogens (tertiary/aromatic N) is 1. The molecule has 0 spiro atoms. The molecule has 0 amide bonds. The Morgan fingerprint density at radius 1 is 1.26 bits per heavy atom. The highest BCUT2D eigenvalue weighted by Gasteiger charge is 2.06. The van der Waals surface area contributed by atoms with Crippen molar-refractivity contribution in [3.8, 4) is 0 Å². The molecule has 0 unspecified atom stereocenters. The third kappa shape index (κ3) is 3.25. The molecule has 0 saturated heterocycles. The Bertz CT molecular complexity index is 617. The molecule has 2 N–H and O–H groups in total. The maximum atomic E-state index is 13.4. The minimum absolute atomic E-state index is 0.0806. The van der Waals surface area contributed by atoms with Crippen molar-refractivity contribution in [2.24, 2.45) is 0 Å². The monoisotopic (exact) mass is 264 g/mol. The van der Waals surface area contributed by atoms with E-state index in [0.29, 0.717) is 5.82 Å². The van der Waals surface area contributed by atoms with Crippen molar-refractivity contribution in [3.05, 3.63) is 59.3 Å². The van der Waals surface area contributed by atoms with Gasteiger partial charge in [0.2, 0.25) is 0 Å². The van der Waals surface area contributed by atoms with Crippen LogP contribution in [0, 0.1) is 11.6 Å². The van der Waals surface area contributed by atoms with Crippen LogP contribution in [-0.2, 0) is 6.54 Å². The molecule has 0 atom stereocenters. The van der Waals surface area contributed by atoms with E-state index in [1.165, 1.54) is 24.4 Å². The predicted octanol–water partition coefficient (Wildman–Crippen LogP) is 2.67. The first-order valence-corrected chi connectivity index (χ1v) is 5.43. The van der Waals surface area contributed by atoms with Crippen molar-refractivity contribution in [1.82, 2.24) is 4.98 Å². The molecule has 1 aromatic heterocycles. The van der Waals surface area contributed by atoms with E-state index in [4.69, 9.17) is 5.11 Å². The van der Waals surface area contributed by atoms with Crippen molar-refractivity contribution >= 4 is 11.8 Å². The fourth-order valence-corrected chi connectivity index (χ4v) is 1.51. The van der Waals surface area contributed by atoms with Crippen molar-refractivity contribution < 1.29 is 18.7 Å². The molecule has 1 aromatic carbocycles. The highest BCUT2D eigenvalue weighted by atomic mass is 19.1. The summed E-state index contributed by atoms with van der Waals surface area (Å²) in [5.41, 5.74) is 0.348. The van der Waals surface area contributed by atoms with Crippen LogP contribution in [0.2, 0.25) is 0 Å². The molecule has 98 valence electrons. The predicted molar refractivity (Wildman–Crippen MR) is 64.9 cm³/mol. The summed E-state index contributed by atoms with van der Waals surface area (Å²) in [6.07, 6.45) is 1.34. The second-order valence-corrected chi connectivity index (χ2v) is 3.82. The maximum Gasteiger partial charge on any atom is 0.335 e. The zero-order chi connectivity index (χ0) is 13.8. The molecule has 0 aliphatic rings. The molecule has 0 aliphatic heterocycles. The second kappa shape index (κ2) is 5.43. The van der Waals surface area contributed by atoms with Crippen LogP contribution in [-0.4, -0.2) is 16.1 Å². The van der Waals surface area contributed by atoms with Gasteiger partial charge in [-0.1, -0.05) is 6.07 Å². The van der Waals surface area contributed by atoms with Crippen molar-refractivity contribution in [2.45, 2.75) is 6.54 Å². The number of rotatable bonds is 4. The van der Waals surface area contributed by atoms with Crippen LogP contribution in [0.1, 0.15) is 15.9 Å². The molecule has 0 saturated carbocycles. The summed E-state index contributed by atoms with van der Waals surface area (Å²) in [5, 5.41) is 11.6. The van der Waals surface area contributed by atoms with E-state index in [1.54, 1.807) is 0 Å². The number of pyridine rings is 1. The van der Waals surface area contributed by atoms with Gasteiger partial charge >= 0.3 is 5.97 Å². The average Bonchev–Trinajstić information content (AvgIpc) is 2.38. The summed E-state index contributed by atoms with van der Waals surface area (Å²) in [6, 6.07) is 5.95. The largest absolute Gasteiger partial charge is 0.478 e. The van der Waals surface area contributed by atoms with Gasteiger partial charge in [0.25, 0.3) is 0 Å². The van der Waals surface area contributed by atoms with Crippen LogP contribution in [0.25, 0.3) is 0 Å². The van der Waals surface area contributed by atoms with Crippen LogP contribution in [0.5, 0.6) is 0 Å². The lowest BCUT2D eigenvalue weighted by Crippen LogP contribution is -2.05. The Morgan fingerprint density at radius 3 is 2.74 bits per heavy atom. The summed E-state index contributed by atoms with van der Waals surface area (Å²) < 4.78 is 26.1. The standard InChI is InChI=1S/C13H10F2N2O2/c14-10-2-1-9(11(15)6-10)7-17-12-5-8(13(18)19)3-4-16-12/h1-6H,7H2,(H,16,17)(H,18,19). The van der Waals surface area contributed by atoms with Crippen LogP contribution in [0.15, 0.2) is 36.5 Å². The number of benzene rings is 1. The zero-order valence-electron chi connectivity index (χ0n) is 9.73. The fourth-order valence-electron chi connectivity index (χ4n) is 1.51. The highest BCUT2D eigenvalue weighted by Crippen LogP contribution is 2.12. The lowest BCUT2D eigenvalue weighted by Gasteiger charge is -2.07. The first-order valence-electron chi connectivity index (χ1n) is 5.43. The van der Waals surface area contributed by atoms with Crippen LogP contribution in [0.4, 0.5) is 14.6 Å². The molecule has 0 bridgehead atoms. The van der Waals surface area contributed by atoms with Crippen LogP contribution in [0.3, 0.4) is 0 Å². The lowest BCUT2D eigenvalue weighted by atomic mass is 10.2. The number of aromatic nitrogens is 1. The first kappa shape index (κ1) is 12.9. The molecule has 6 heteroatoms. The van der Waals surface area contributed by atoms with Gasteiger partial charge in [0.1, 0.15) is 17.5 Å². The number of halogens is 2. The van der Waals surface area contributed by atoms with E-state index in [1.807, 2.05) is 0 Å². The normalized spacial score (nSPS) is 10.2. The molecule has 2 rings (SSSR count).